The predicted molar refractivity (Wildman–Crippen MR) is 77.4 cm³/mol. The summed E-state index contributed by atoms with van der Waals surface area (Å²) in [6.07, 6.45) is 1.75. The van der Waals surface area contributed by atoms with E-state index in [1.54, 1.807) is 31.3 Å². The topological polar surface area (TPSA) is 20.3 Å². The number of carbonyl (C=O) groups excluding carboxylic acids is 1. The molecule has 1 aliphatic rings. The minimum atomic E-state index is -0.0916. The first kappa shape index (κ1) is 12.9. The van der Waals surface area contributed by atoms with Crippen LogP contribution in [0, 0.1) is 0 Å². The molecular formula is C11H7Cl2NOS2. The van der Waals surface area contributed by atoms with Gasteiger partial charge in [0.05, 0.1) is 15.0 Å². The summed E-state index contributed by atoms with van der Waals surface area (Å²) in [6, 6.07) is 5.21. The van der Waals surface area contributed by atoms with Crippen LogP contribution in [0.4, 0.5) is 0 Å². The Hall–Kier alpha value is -0.550. The van der Waals surface area contributed by atoms with Crippen molar-refractivity contribution in [3.63, 3.8) is 0 Å². The van der Waals surface area contributed by atoms with E-state index in [9.17, 15) is 4.79 Å². The van der Waals surface area contributed by atoms with Crippen LogP contribution < -0.4 is 0 Å². The number of rotatable bonds is 1. The average molecular weight is 304 g/mol. The molecule has 0 saturated carbocycles. The standard InChI is InChI=1S/C11H7Cl2NOS2/c1-14-10(15)9(17-11(14)16)5-6-2-3-7(12)8(13)4-6/h2-5H,1H3/b9-5+. The van der Waals surface area contributed by atoms with E-state index in [0.717, 1.165) is 5.56 Å². The highest BCUT2D eigenvalue weighted by Gasteiger charge is 2.28. The van der Waals surface area contributed by atoms with Gasteiger partial charge in [0.2, 0.25) is 0 Å². The second kappa shape index (κ2) is 4.98. The molecule has 0 unspecified atom stereocenters. The van der Waals surface area contributed by atoms with E-state index in [1.165, 1.54) is 16.7 Å². The minimum absolute atomic E-state index is 0.0916. The molecule has 0 radical (unpaired) electrons. The maximum atomic E-state index is 11.8. The molecule has 0 spiro atoms. The molecule has 1 aliphatic heterocycles. The Morgan fingerprint density at radius 3 is 2.59 bits per heavy atom. The fourth-order valence-electron chi connectivity index (χ4n) is 1.30. The van der Waals surface area contributed by atoms with Crippen LogP contribution in [0.15, 0.2) is 23.1 Å². The molecular weight excluding hydrogens is 297 g/mol. The number of halogens is 2. The number of thioether (sulfide) groups is 1. The Morgan fingerprint density at radius 1 is 1.35 bits per heavy atom. The highest BCUT2D eigenvalue weighted by molar-refractivity contribution is 8.26. The van der Waals surface area contributed by atoms with Gasteiger partial charge < -0.3 is 0 Å². The van der Waals surface area contributed by atoms with Crippen LogP contribution in [0.1, 0.15) is 5.56 Å². The third-order valence-electron chi connectivity index (χ3n) is 2.23. The van der Waals surface area contributed by atoms with Gasteiger partial charge in [-0.2, -0.15) is 0 Å². The third-order valence-corrected chi connectivity index (χ3v) is 4.45. The van der Waals surface area contributed by atoms with Crippen molar-refractivity contribution in [1.82, 2.24) is 4.90 Å². The van der Waals surface area contributed by atoms with Crippen molar-refractivity contribution in [3.8, 4) is 0 Å². The molecule has 1 aromatic carbocycles. The van der Waals surface area contributed by atoms with Crippen LogP contribution >= 0.6 is 47.2 Å². The summed E-state index contributed by atoms with van der Waals surface area (Å²) >= 11 is 18.0. The van der Waals surface area contributed by atoms with E-state index in [1.807, 2.05) is 0 Å². The molecule has 0 N–H and O–H groups in total. The van der Waals surface area contributed by atoms with Gasteiger partial charge in [0.25, 0.3) is 5.91 Å². The molecule has 1 fully saturated rings. The molecule has 1 saturated heterocycles. The zero-order valence-corrected chi connectivity index (χ0v) is 11.9. The maximum Gasteiger partial charge on any atom is 0.265 e. The van der Waals surface area contributed by atoms with E-state index < -0.39 is 0 Å². The molecule has 0 atom stereocenters. The molecule has 2 nitrogen and oxygen atoms in total. The molecule has 1 aromatic rings. The number of likely N-dealkylation sites (N-methyl/N-ethyl adjacent to an activating group) is 1. The smallest absolute Gasteiger partial charge is 0.265 e. The number of hydrogen-bond donors (Lipinski definition) is 0. The second-order valence-electron chi connectivity index (χ2n) is 3.41. The highest BCUT2D eigenvalue weighted by atomic mass is 35.5. The summed E-state index contributed by atoms with van der Waals surface area (Å²) in [7, 11) is 1.66. The van der Waals surface area contributed by atoms with Crippen LogP contribution in [0.2, 0.25) is 10.0 Å². The molecule has 0 aromatic heterocycles. The molecule has 0 bridgehead atoms. The lowest BCUT2D eigenvalue weighted by atomic mass is 10.2. The van der Waals surface area contributed by atoms with E-state index >= 15 is 0 Å². The number of carbonyl (C=O) groups is 1. The van der Waals surface area contributed by atoms with Gasteiger partial charge in [-0.25, -0.2) is 0 Å². The summed E-state index contributed by atoms with van der Waals surface area (Å²) in [5.74, 6) is -0.0916. The summed E-state index contributed by atoms with van der Waals surface area (Å²) in [5.41, 5.74) is 0.827. The highest BCUT2D eigenvalue weighted by Crippen LogP contribution is 2.32. The van der Waals surface area contributed by atoms with E-state index in [2.05, 4.69) is 0 Å². The quantitative estimate of drug-likeness (QED) is 0.581. The summed E-state index contributed by atoms with van der Waals surface area (Å²) < 4.78 is 0.557. The number of hydrogen-bond acceptors (Lipinski definition) is 3. The fourth-order valence-corrected chi connectivity index (χ4v) is 2.79. The van der Waals surface area contributed by atoms with Crippen molar-refractivity contribution in [2.75, 3.05) is 7.05 Å². The van der Waals surface area contributed by atoms with Crippen LogP contribution in [0.25, 0.3) is 6.08 Å². The average Bonchev–Trinajstić information content (AvgIpc) is 2.52. The van der Waals surface area contributed by atoms with Crippen LogP contribution in [0.3, 0.4) is 0 Å². The maximum absolute atomic E-state index is 11.8. The van der Waals surface area contributed by atoms with Crippen molar-refractivity contribution in [2.24, 2.45) is 0 Å². The normalized spacial score (nSPS) is 18.3. The number of thiocarbonyl (C=S) groups is 1. The molecule has 2 rings (SSSR count). The summed E-state index contributed by atoms with van der Waals surface area (Å²) in [4.78, 5) is 13.8. The van der Waals surface area contributed by atoms with Gasteiger partial charge in [-0.05, 0) is 23.8 Å². The Kier molecular flexibility index (Phi) is 3.78. The molecule has 1 amide bonds. The van der Waals surface area contributed by atoms with Gasteiger partial charge in [0.1, 0.15) is 4.32 Å². The largest absolute Gasteiger partial charge is 0.296 e. The lowest BCUT2D eigenvalue weighted by molar-refractivity contribution is -0.121. The number of nitrogens with zero attached hydrogens (tertiary/aromatic N) is 1. The van der Waals surface area contributed by atoms with E-state index in [0.29, 0.717) is 19.3 Å². The van der Waals surface area contributed by atoms with Gasteiger partial charge in [-0.1, -0.05) is 53.2 Å². The van der Waals surface area contributed by atoms with Crippen LogP contribution in [-0.2, 0) is 4.79 Å². The van der Waals surface area contributed by atoms with Crippen molar-refractivity contribution in [3.05, 3.63) is 38.7 Å². The third kappa shape index (κ3) is 2.65. The molecule has 17 heavy (non-hydrogen) atoms. The molecule has 0 aliphatic carbocycles. The van der Waals surface area contributed by atoms with Gasteiger partial charge in [-0.3, -0.25) is 9.69 Å². The Balaban J connectivity index is 2.34. The SMILES string of the molecule is CN1C(=O)/C(=C\c2ccc(Cl)c(Cl)c2)SC1=S. The van der Waals surface area contributed by atoms with Gasteiger partial charge in [-0.15, -0.1) is 0 Å². The first-order valence-electron chi connectivity index (χ1n) is 4.65. The summed E-state index contributed by atoms with van der Waals surface area (Å²) in [5, 5.41) is 0.958. The van der Waals surface area contributed by atoms with E-state index in [-0.39, 0.29) is 5.91 Å². The monoisotopic (exact) mass is 303 g/mol. The summed E-state index contributed by atoms with van der Waals surface area (Å²) in [6.45, 7) is 0. The van der Waals surface area contributed by atoms with Crippen molar-refractivity contribution >= 4 is 63.5 Å². The Bertz CT molecular complexity index is 542. The molecule has 1 heterocycles. The Morgan fingerprint density at radius 2 is 2.06 bits per heavy atom. The first-order valence-corrected chi connectivity index (χ1v) is 6.63. The van der Waals surface area contributed by atoms with Gasteiger partial charge >= 0.3 is 0 Å². The van der Waals surface area contributed by atoms with Crippen molar-refractivity contribution in [2.45, 2.75) is 0 Å². The lowest BCUT2D eigenvalue weighted by Crippen LogP contribution is -2.22. The minimum Gasteiger partial charge on any atom is -0.296 e. The predicted octanol–water partition coefficient (Wildman–Crippen LogP) is 3.82. The Labute approximate surface area is 119 Å². The second-order valence-corrected chi connectivity index (χ2v) is 5.90. The van der Waals surface area contributed by atoms with Crippen LogP contribution in [0.5, 0.6) is 0 Å². The molecule has 6 heteroatoms. The zero-order valence-electron chi connectivity index (χ0n) is 8.74. The fraction of sp³-hybridized carbons (Fsp3) is 0.0909. The van der Waals surface area contributed by atoms with Gasteiger partial charge in [0, 0.05) is 7.05 Å². The van der Waals surface area contributed by atoms with Crippen LogP contribution in [-0.4, -0.2) is 22.2 Å². The number of benzene rings is 1. The molecule has 88 valence electrons. The lowest BCUT2D eigenvalue weighted by Gasteiger charge is -2.03. The first-order chi connectivity index (χ1) is 7.99. The van der Waals surface area contributed by atoms with Gasteiger partial charge in [0.15, 0.2) is 0 Å². The van der Waals surface area contributed by atoms with Crippen molar-refractivity contribution < 1.29 is 4.79 Å². The number of amides is 1. The van der Waals surface area contributed by atoms with E-state index in [4.69, 9.17) is 35.4 Å². The van der Waals surface area contributed by atoms with Crippen molar-refractivity contribution in [1.29, 1.82) is 0 Å². The zero-order chi connectivity index (χ0) is 12.6.